The normalized spacial score (nSPS) is 11.5. The fraction of sp³-hybridized carbons (Fsp3) is 0.174. The second-order valence-corrected chi connectivity index (χ2v) is 6.93. The van der Waals surface area contributed by atoms with Crippen molar-refractivity contribution in [1.82, 2.24) is 14.8 Å². The van der Waals surface area contributed by atoms with Gasteiger partial charge in [-0.2, -0.15) is 5.10 Å². The van der Waals surface area contributed by atoms with Crippen LogP contribution >= 0.6 is 0 Å². The Morgan fingerprint density at radius 1 is 1.00 bits per heavy atom. The van der Waals surface area contributed by atoms with Gasteiger partial charge in [-0.1, -0.05) is 18.2 Å². The third-order valence-electron chi connectivity index (χ3n) is 5.32. The molecule has 0 fully saturated rings. The second-order valence-electron chi connectivity index (χ2n) is 6.93. The zero-order valence-electron chi connectivity index (χ0n) is 16.3. The Bertz CT molecular complexity index is 1400. The van der Waals surface area contributed by atoms with Gasteiger partial charge in [-0.25, -0.2) is 14.5 Å². The molecule has 0 radical (unpaired) electrons. The van der Waals surface area contributed by atoms with Gasteiger partial charge in [0.15, 0.2) is 5.65 Å². The summed E-state index contributed by atoms with van der Waals surface area (Å²) >= 11 is 0. The summed E-state index contributed by atoms with van der Waals surface area (Å²) < 4.78 is 7.44. The molecule has 0 N–H and O–H groups in total. The van der Waals surface area contributed by atoms with Crippen LogP contribution in [0, 0.1) is 0 Å². The van der Waals surface area contributed by atoms with Gasteiger partial charge in [-0.05, 0) is 44.2 Å². The third-order valence-corrected chi connectivity index (χ3v) is 5.32. The Kier molecular flexibility index (Phi) is 4.05. The molecule has 0 bridgehead atoms. The summed E-state index contributed by atoms with van der Waals surface area (Å²) in [6, 6.07) is 17.6. The minimum absolute atomic E-state index is 0.383. The summed E-state index contributed by atoms with van der Waals surface area (Å²) in [7, 11) is 0. The maximum absolute atomic E-state index is 12.7. The SMILES string of the molecule is CCN(CC)c1ccc2c(c1)oc(=O)c1cc3cnn(-c4ccccc4)c3nc12. The van der Waals surface area contributed by atoms with Crippen molar-refractivity contribution >= 4 is 38.6 Å². The lowest BCUT2D eigenvalue weighted by Crippen LogP contribution is -2.21. The second kappa shape index (κ2) is 6.74. The molecule has 29 heavy (non-hydrogen) atoms. The largest absolute Gasteiger partial charge is 0.422 e. The van der Waals surface area contributed by atoms with Gasteiger partial charge in [-0.3, -0.25) is 0 Å². The van der Waals surface area contributed by atoms with E-state index in [2.05, 4.69) is 29.9 Å². The van der Waals surface area contributed by atoms with Gasteiger partial charge in [0, 0.05) is 35.6 Å². The first kappa shape index (κ1) is 17.4. The first-order valence-corrected chi connectivity index (χ1v) is 9.75. The Labute approximate surface area is 167 Å². The molecule has 5 aromatic rings. The van der Waals surface area contributed by atoms with Crippen LogP contribution in [0.5, 0.6) is 0 Å². The van der Waals surface area contributed by atoms with E-state index in [-0.39, 0.29) is 5.63 Å². The number of hydrogen-bond donors (Lipinski definition) is 0. The molecule has 0 spiro atoms. The van der Waals surface area contributed by atoms with Crippen molar-refractivity contribution in [2.75, 3.05) is 18.0 Å². The molecular formula is C23H20N4O2. The number of anilines is 1. The van der Waals surface area contributed by atoms with Crippen molar-refractivity contribution in [3.05, 3.63) is 71.2 Å². The average molecular weight is 384 g/mol. The molecule has 2 aromatic carbocycles. The number of fused-ring (bicyclic) bond motifs is 4. The standard InChI is InChI=1S/C23H20N4O2/c1-3-26(4-2)17-10-11-18-20(13-17)29-23(28)19-12-15-14-24-27(22(15)25-21(18)19)16-8-6-5-7-9-16/h5-14H,3-4H2,1-2H3. The van der Waals surface area contributed by atoms with E-state index >= 15 is 0 Å². The monoisotopic (exact) mass is 384 g/mol. The van der Waals surface area contributed by atoms with Crippen molar-refractivity contribution in [3.8, 4) is 5.69 Å². The molecule has 6 nitrogen and oxygen atoms in total. The lowest BCUT2D eigenvalue weighted by Gasteiger charge is -2.21. The van der Waals surface area contributed by atoms with Crippen LogP contribution in [-0.4, -0.2) is 27.9 Å². The van der Waals surface area contributed by atoms with Crippen molar-refractivity contribution < 1.29 is 4.42 Å². The fourth-order valence-corrected chi connectivity index (χ4v) is 3.81. The Morgan fingerprint density at radius 3 is 2.55 bits per heavy atom. The molecule has 3 heterocycles. The van der Waals surface area contributed by atoms with Gasteiger partial charge < -0.3 is 9.32 Å². The predicted octanol–water partition coefficient (Wildman–Crippen LogP) is 4.53. The van der Waals surface area contributed by atoms with E-state index < -0.39 is 0 Å². The highest BCUT2D eigenvalue weighted by Crippen LogP contribution is 2.28. The Morgan fingerprint density at radius 2 is 1.79 bits per heavy atom. The van der Waals surface area contributed by atoms with Crippen LogP contribution in [0.3, 0.4) is 0 Å². The molecule has 0 aliphatic heterocycles. The first-order chi connectivity index (χ1) is 14.2. The van der Waals surface area contributed by atoms with Crippen molar-refractivity contribution in [2.45, 2.75) is 13.8 Å². The molecule has 3 aromatic heterocycles. The summed E-state index contributed by atoms with van der Waals surface area (Å²) in [5.41, 5.74) is 3.46. The molecule has 144 valence electrons. The maximum Gasteiger partial charge on any atom is 0.345 e. The van der Waals surface area contributed by atoms with E-state index in [1.165, 1.54) is 0 Å². The average Bonchev–Trinajstić information content (AvgIpc) is 3.17. The lowest BCUT2D eigenvalue weighted by atomic mass is 10.1. The molecule has 0 amide bonds. The van der Waals surface area contributed by atoms with Crippen molar-refractivity contribution in [2.24, 2.45) is 0 Å². The highest BCUT2D eigenvalue weighted by atomic mass is 16.4. The number of rotatable bonds is 4. The fourth-order valence-electron chi connectivity index (χ4n) is 3.81. The summed E-state index contributed by atoms with van der Waals surface area (Å²) in [4.78, 5) is 19.7. The molecular weight excluding hydrogens is 364 g/mol. The van der Waals surface area contributed by atoms with Crippen LogP contribution in [0.1, 0.15) is 13.8 Å². The Hall–Kier alpha value is -3.67. The summed E-state index contributed by atoms with van der Waals surface area (Å²) in [6.45, 7) is 5.98. The lowest BCUT2D eigenvalue weighted by molar-refractivity contribution is 0.569. The molecule has 6 heteroatoms. The van der Waals surface area contributed by atoms with Crippen molar-refractivity contribution in [1.29, 1.82) is 0 Å². The van der Waals surface area contributed by atoms with E-state index in [4.69, 9.17) is 9.40 Å². The smallest absolute Gasteiger partial charge is 0.345 e. The summed E-state index contributed by atoms with van der Waals surface area (Å²) in [5, 5.41) is 6.56. The van der Waals surface area contributed by atoms with Crippen LogP contribution in [0.4, 0.5) is 5.69 Å². The molecule has 0 saturated carbocycles. The van der Waals surface area contributed by atoms with Gasteiger partial charge in [-0.15, -0.1) is 0 Å². The molecule has 0 aliphatic carbocycles. The van der Waals surface area contributed by atoms with Gasteiger partial charge >= 0.3 is 5.63 Å². The summed E-state index contributed by atoms with van der Waals surface area (Å²) in [5.74, 6) is 0. The van der Waals surface area contributed by atoms with Gasteiger partial charge in [0.1, 0.15) is 5.58 Å². The first-order valence-electron chi connectivity index (χ1n) is 9.75. The van der Waals surface area contributed by atoms with Crippen LogP contribution in [0.15, 0.2) is 70.0 Å². The number of para-hydroxylation sites is 1. The van der Waals surface area contributed by atoms with Crippen LogP contribution < -0.4 is 10.5 Å². The van der Waals surface area contributed by atoms with Crippen LogP contribution in [-0.2, 0) is 0 Å². The summed E-state index contributed by atoms with van der Waals surface area (Å²) in [6.07, 6.45) is 1.72. The van der Waals surface area contributed by atoms with Crippen LogP contribution in [0.2, 0.25) is 0 Å². The maximum atomic E-state index is 12.7. The zero-order valence-corrected chi connectivity index (χ0v) is 16.3. The number of pyridine rings is 1. The molecule has 0 unspecified atom stereocenters. The minimum Gasteiger partial charge on any atom is -0.422 e. The van der Waals surface area contributed by atoms with Gasteiger partial charge in [0.05, 0.1) is 22.8 Å². The minimum atomic E-state index is -0.383. The van der Waals surface area contributed by atoms with E-state index in [1.54, 1.807) is 10.9 Å². The van der Waals surface area contributed by atoms with Crippen LogP contribution in [0.25, 0.3) is 38.6 Å². The highest BCUT2D eigenvalue weighted by Gasteiger charge is 2.15. The van der Waals surface area contributed by atoms with E-state index in [9.17, 15) is 4.79 Å². The molecule has 5 rings (SSSR count). The van der Waals surface area contributed by atoms with E-state index in [0.29, 0.717) is 22.1 Å². The number of aromatic nitrogens is 3. The number of nitrogens with zero attached hydrogens (tertiary/aromatic N) is 4. The molecule has 0 atom stereocenters. The van der Waals surface area contributed by atoms with Crippen molar-refractivity contribution in [3.63, 3.8) is 0 Å². The number of hydrogen-bond acceptors (Lipinski definition) is 5. The quantitative estimate of drug-likeness (QED) is 0.337. The Balaban J connectivity index is 1.80. The zero-order chi connectivity index (χ0) is 20.0. The van der Waals surface area contributed by atoms with E-state index in [1.807, 2.05) is 48.5 Å². The van der Waals surface area contributed by atoms with E-state index in [0.717, 1.165) is 35.2 Å². The highest BCUT2D eigenvalue weighted by molar-refractivity contribution is 6.05. The third kappa shape index (κ3) is 2.76. The van der Waals surface area contributed by atoms with Gasteiger partial charge in [0.25, 0.3) is 0 Å². The molecule has 0 aliphatic rings. The topological polar surface area (TPSA) is 64.2 Å². The number of benzene rings is 2. The predicted molar refractivity (Wildman–Crippen MR) is 116 cm³/mol. The van der Waals surface area contributed by atoms with Gasteiger partial charge in [0.2, 0.25) is 0 Å². The molecule has 0 saturated heterocycles.